The maximum Gasteiger partial charge on any atom is 0.266 e. The van der Waals surface area contributed by atoms with Crippen LogP contribution in [0, 0.1) is 0 Å². The second-order valence-corrected chi connectivity index (χ2v) is 4.01. The first-order chi connectivity index (χ1) is 8.20. The first-order valence-electron chi connectivity index (χ1n) is 5.42. The quantitative estimate of drug-likeness (QED) is 0.785. The number of aromatic nitrogens is 3. The van der Waals surface area contributed by atoms with E-state index in [2.05, 4.69) is 10.1 Å². The van der Waals surface area contributed by atoms with E-state index in [9.17, 15) is 4.79 Å². The summed E-state index contributed by atoms with van der Waals surface area (Å²) in [7, 11) is 0. The van der Waals surface area contributed by atoms with Gasteiger partial charge in [-0.15, -0.1) is 0 Å². The second-order valence-electron chi connectivity index (χ2n) is 3.63. The van der Waals surface area contributed by atoms with Gasteiger partial charge in [-0.1, -0.05) is 24.6 Å². The molecule has 0 aromatic carbocycles. The summed E-state index contributed by atoms with van der Waals surface area (Å²) < 4.78 is 1.44. The predicted octanol–water partition coefficient (Wildman–Crippen LogP) is 2.37. The van der Waals surface area contributed by atoms with Gasteiger partial charge in [-0.05, 0) is 24.6 Å². The van der Waals surface area contributed by atoms with Crippen LogP contribution >= 0.6 is 11.6 Å². The van der Waals surface area contributed by atoms with Crippen LogP contribution in [0.3, 0.4) is 0 Å². The lowest BCUT2D eigenvalue weighted by Crippen LogP contribution is -2.22. The van der Waals surface area contributed by atoms with Gasteiger partial charge in [0, 0.05) is 12.6 Å². The summed E-state index contributed by atoms with van der Waals surface area (Å²) >= 11 is 5.82. The lowest BCUT2D eigenvalue weighted by Gasteiger charge is -2.05. The fraction of sp³-hybridized carbons (Fsp3) is 0.250. The van der Waals surface area contributed by atoms with Gasteiger partial charge in [0.25, 0.3) is 5.56 Å². The van der Waals surface area contributed by atoms with E-state index in [0.29, 0.717) is 23.1 Å². The lowest BCUT2D eigenvalue weighted by molar-refractivity contribution is 0.570. The van der Waals surface area contributed by atoms with Gasteiger partial charge in [0.15, 0.2) is 0 Å². The van der Waals surface area contributed by atoms with Crippen LogP contribution in [0.2, 0.25) is 5.15 Å². The molecule has 0 bridgehead atoms. The lowest BCUT2D eigenvalue weighted by atomic mass is 10.2. The normalized spacial score (nSPS) is 10.5. The van der Waals surface area contributed by atoms with Crippen molar-refractivity contribution < 1.29 is 0 Å². The zero-order valence-corrected chi connectivity index (χ0v) is 10.2. The van der Waals surface area contributed by atoms with Crippen molar-refractivity contribution in [2.24, 2.45) is 0 Å². The number of halogens is 1. The van der Waals surface area contributed by atoms with Crippen molar-refractivity contribution in [3.8, 4) is 11.4 Å². The number of nitrogens with zero attached hydrogens (tertiary/aromatic N) is 3. The Morgan fingerprint density at radius 1 is 1.24 bits per heavy atom. The highest BCUT2D eigenvalue weighted by Gasteiger charge is 2.04. The molecule has 0 aliphatic heterocycles. The molecule has 0 fully saturated rings. The zero-order chi connectivity index (χ0) is 12.3. The Hall–Kier alpha value is -1.68. The molecule has 0 unspecified atom stereocenters. The van der Waals surface area contributed by atoms with E-state index in [1.165, 1.54) is 10.7 Å². The Morgan fingerprint density at radius 3 is 2.76 bits per heavy atom. The molecule has 0 amide bonds. The highest BCUT2D eigenvalue weighted by Crippen LogP contribution is 2.15. The molecule has 88 valence electrons. The van der Waals surface area contributed by atoms with Crippen molar-refractivity contribution in [2.75, 3.05) is 0 Å². The predicted molar refractivity (Wildman–Crippen MR) is 67.0 cm³/mol. The monoisotopic (exact) mass is 249 g/mol. The largest absolute Gasteiger partial charge is 0.268 e. The van der Waals surface area contributed by atoms with E-state index >= 15 is 0 Å². The smallest absolute Gasteiger partial charge is 0.266 e. The third-order valence-electron chi connectivity index (χ3n) is 2.28. The highest BCUT2D eigenvalue weighted by atomic mass is 35.5. The Bertz CT molecular complexity index is 580. The van der Waals surface area contributed by atoms with Crippen LogP contribution in [0.4, 0.5) is 0 Å². The van der Waals surface area contributed by atoms with Crippen molar-refractivity contribution in [3.05, 3.63) is 45.8 Å². The summed E-state index contributed by atoms with van der Waals surface area (Å²) in [6, 6.07) is 8.48. The van der Waals surface area contributed by atoms with Gasteiger partial charge < -0.3 is 0 Å². The minimum Gasteiger partial charge on any atom is -0.268 e. The van der Waals surface area contributed by atoms with Crippen LogP contribution in [0.15, 0.2) is 35.1 Å². The van der Waals surface area contributed by atoms with Gasteiger partial charge in [0.05, 0.1) is 5.69 Å². The van der Waals surface area contributed by atoms with E-state index in [1.54, 1.807) is 12.1 Å². The summed E-state index contributed by atoms with van der Waals surface area (Å²) in [5.74, 6) is 0. The molecule has 0 atom stereocenters. The van der Waals surface area contributed by atoms with E-state index in [-0.39, 0.29) is 5.56 Å². The van der Waals surface area contributed by atoms with Gasteiger partial charge >= 0.3 is 0 Å². The molecule has 2 rings (SSSR count). The summed E-state index contributed by atoms with van der Waals surface area (Å²) in [5.41, 5.74) is 1.22. The minimum absolute atomic E-state index is 0.0994. The molecule has 0 saturated carbocycles. The van der Waals surface area contributed by atoms with Gasteiger partial charge in [-0.2, -0.15) is 5.10 Å². The van der Waals surface area contributed by atoms with Crippen LogP contribution in [0.25, 0.3) is 11.4 Å². The number of rotatable bonds is 3. The van der Waals surface area contributed by atoms with Crippen LogP contribution in [0.1, 0.15) is 13.3 Å². The maximum atomic E-state index is 11.5. The fourth-order valence-corrected chi connectivity index (χ4v) is 1.67. The van der Waals surface area contributed by atoms with Gasteiger partial charge in [0.1, 0.15) is 10.8 Å². The first-order valence-corrected chi connectivity index (χ1v) is 5.79. The van der Waals surface area contributed by atoms with Crippen LogP contribution < -0.4 is 5.56 Å². The van der Waals surface area contributed by atoms with Crippen LogP contribution in [-0.4, -0.2) is 14.8 Å². The van der Waals surface area contributed by atoms with Crippen LogP contribution in [0.5, 0.6) is 0 Å². The van der Waals surface area contributed by atoms with Crippen molar-refractivity contribution in [3.63, 3.8) is 0 Å². The molecule has 0 N–H and O–H groups in total. The van der Waals surface area contributed by atoms with Gasteiger partial charge in [-0.25, -0.2) is 9.67 Å². The first kappa shape index (κ1) is 11.8. The van der Waals surface area contributed by atoms with Gasteiger partial charge in [-0.3, -0.25) is 4.79 Å². The topological polar surface area (TPSA) is 47.8 Å². The molecule has 2 aromatic heterocycles. The average Bonchev–Trinajstić information content (AvgIpc) is 2.32. The molecule has 4 nitrogen and oxygen atoms in total. The number of pyridine rings is 1. The molecular weight excluding hydrogens is 238 g/mol. The van der Waals surface area contributed by atoms with Crippen molar-refractivity contribution in [2.45, 2.75) is 19.9 Å². The summed E-state index contributed by atoms with van der Waals surface area (Å²) in [6.45, 7) is 2.60. The maximum absolute atomic E-state index is 11.5. The summed E-state index contributed by atoms with van der Waals surface area (Å²) in [6.07, 6.45) is 0.860. The van der Waals surface area contributed by atoms with Crippen molar-refractivity contribution in [1.82, 2.24) is 14.8 Å². The Balaban J connectivity index is 2.46. The molecule has 0 aliphatic rings. The van der Waals surface area contributed by atoms with E-state index in [0.717, 1.165) is 6.42 Å². The van der Waals surface area contributed by atoms with Gasteiger partial charge in [0.2, 0.25) is 0 Å². The molecule has 5 heteroatoms. The standard InChI is InChI=1S/C12H12ClN3O/c1-2-8-16-12(17)7-6-10(15-16)9-4-3-5-11(13)14-9/h3-7H,2,8H2,1H3. The Labute approximate surface area is 104 Å². The Morgan fingerprint density at radius 2 is 2.06 bits per heavy atom. The fourth-order valence-electron chi connectivity index (χ4n) is 1.51. The van der Waals surface area contributed by atoms with Crippen molar-refractivity contribution >= 4 is 11.6 Å². The van der Waals surface area contributed by atoms with E-state index < -0.39 is 0 Å². The van der Waals surface area contributed by atoms with E-state index in [4.69, 9.17) is 11.6 Å². The molecule has 2 heterocycles. The minimum atomic E-state index is -0.0994. The third kappa shape index (κ3) is 2.71. The molecule has 2 aromatic rings. The molecule has 0 spiro atoms. The third-order valence-corrected chi connectivity index (χ3v) is 2.49. The summed E-state index contributed by atoms with van der Waals surface area (Å²) in [5, 5.41) is 4.67. The molecule has 0 aliphatic carbocycles. The number of hydrogen-bond donors (Lipinski definition) is 0. The SMILES string of the molecule is CCCn1nc(-c2cccc(Cl)n2)ccc1=O. The Kier molecular flexibility index (Phi) is 3.54. The van der Waals surface area contributed by atoms with Crippen molar-refractivity contribution in [1.29, 1.82) is 0 Å². The van der Waals surface area contributed by atoms with Crippen LogP contribution in [-0.2, 0) is 6.54 Å². The summed E-state index contributed by atoms with van der Waals surface area (Å²) in [4.78, 5) is 15.7. The number of aryl methyl sites for hydroxylation is 1. The van der Waals surface area contributed by atoms with E-state index in [1.807, 2.05) is 19.1 Å². The number of hydrogen-bond acceptors (Lipinski definition) is 3. The molecular formula is C12H12ClN3O. The second kappa shape index (κ2) is 5.10. The molecule has 17 heavy (non-hydrogen) atoms. The zero-order valence-electron chi connectivity index (χ0n) is 9.43. The molecule has 0 saturated heterocycles. The molecule has 0 radical (unpaired) electrons. The average molecular weight is 250 g/mol. The highest BCUT2D eigenvalue weighted by molar-refractivity contribution is 6.29.